The molecule has 21 heavy (non-hydrogen) atoms. The Labute approximate surface area is 125 Å². The lowest BCUT2D eigenvalue weighted by Gasteiger charge is -2.16. The molecule has 0 saturated heterocycles. The number of aromatic nitrogens is 3. The molecule has 2 rings (SSSR count). The third-order valence-electron chi connectivity index (χ3n) is 3.32. The van der Waals surface area contributed by atoms with Crippen LogP contribution >= 0.6 is 0 Å². The number of rotatable bonds is 7. The summed E-state index contributed by atoms with van der Waals surface area (Å²) in [7, 11) is 5.61. The number of hydrogen-bond acceptors (Lipinski definition) is 5. The highest BCUT2D eigenvalue weighted by Gasteiger charge is 2.20. The van der Waals surface area contributed by atoms with Crippen LogP contribution in [0, 0.1) is 0 Å². The van der Waals surface area contributed by atoms with Crippen molar-refractivity contribution in [3.8, 4) is 5.75 Å². The monoisotopic (exact) mass is 290 g/mol. The van der Waals surface area contributed by atoms with Gasteiger partial charge >= 0.3 is 0 Å². The molecule has 0 aliphatic rings. The fourth-order valence-electron chi connectivity index (χ4n) is 2.18. The van der Waals surface area contributed by atoms with Crippen LogP contribution in [0.25, 0.3) is 0 Å². The number of methoxy groups -OCH3 is 1. The molecular weight excluding hydrogens is 268 g/mol. The molecule has 0 radical (unpaired) electrons. The molecule has 0 saturated carbocycles. The molecule has 2 aromatic rings. The van der Waals surface area contributed by atoms with Crippen molar-refractivity contribution >= 4 is 0 Å². The molecule has 114 valence electrons. The van der Waals surface area contributed by atoms with Crippen molar-refractivity contribution in [2.45, 2.75) is 19.1 Å². The van der Waals surface area contributed by atoms with Gasteiger partial charge < -0.3 is 14.7 Å². The zero-order valence-corrected chi connectivity index (χ0v) is 12.7. The summed E-state index contributed by atoms with van der Waals surface area (Å²) >= 11 is 0. The van der Waals surface area contributed by atoms with Crippen LogP contribution in [0.2, 0.25) is 0 Å². The molecular formula is C15H22N4O2. The number of ether oxygens (including phenoxy) is 1. The summed E-state index contributed by atoms with van der Waals surface area (Å²) in [5.41, 5.74) is 1.75. The van der Waals surface area contributed by atoms with Crippen molar-refractivity contribution in [3.05, 3.63) is 42.0 Å². The number of nitrogens with zero attached hydrogens (tertiary/aromatic N) is 4. The molecule has 0 aliphatic heterocycles. The third-order valence-corrected chi connectivity index (χ3v) is 3.32. The van der Waals surface area contributed by atoms with Gasteiger partial charge in [0.05, 0.1) is 19.9 Å². The van der Waals surface area contributed by atoms with E-state index in [1.54, 1.807) is 25.7 Å². The molecule has 6 nitrogen and oxygen atoms in total. The minimum absolute atomic E-state index is 0.506. The highest BCUT2D eigenvalue weighted by atomic mass is 16.5. The van der Waals surface area contributed by atoms with E-state index in [2.05, 4.69) is 15.0 Å². The molecule has 1 N–H and O–H groups in total. The van der Waals surface area contributed by atoms with Gasteiger partial charge in [-0.3, -0.25) is 9.67 Å². The van der Waals surface area contributed by atoms with Crippen molar-refractivity contribution in [1.82, 2.24) is 19.7 Å². The second-order valence-electron chi connectivity index (χ2n) is 5.20. The highest BCUT2D eigenvalue weighted by Crippen LogP contribution is 2.27. The summed E-state index contributed by atoms with van der Waals surface area (Å²) in [5.74, 6) is 0.621. The molecule has 2 aromatic heterocycles. The molecule has 2 heterocycles. The van der Waals surface area contributed by atoms with Crippen LogP contribution in [0.4, 0.5) is 0 Å². The van der Waals surface area contributed by atoms with Gasteiger partial charge in [-0.25, -0.2) is 0 Å². The first kappa shape index (κ1) is 15.5. The van der Waals surface area contributed by atoms with Gasteiger partial charge in [0.25, 0.3) is 0 Å². The Hall–Kier alpha value is -1.92. The minimum atomic E-state index is -0.660. The maximum absolute atomic E-state index is 10.5. The fraction of sp³-hybridized carbons (Fsp3) is 0.467. The smallest absolute Gasteiger partial charge is 0.162 e. The van der Waals surface area contributed by atoms with Crippen molar-refractivity contribution in [1.29, 1.82) is 0 Å². The van der Waals surface area contributed by atoms with Crippen LogP contribution in [-0.4, -0.2) is 52.5 Å². The topological polar surface area (TPSA) is 63.4 Å². The third kappa shape index (κ3) is 4.03. The standard InChI is InChI=1S/C15H22N4O2/c1-18(2)8-9-19-15(14(21-3)11-17-19)13(20)10-12-4-6-16-7-5-12/h4-7,11,13,20H,8-10H2,1-3H3. The number of aliphatic hydroxyl groups excluding tert-OH is 1. The zero-order valence-electron chi connectivity index (χ0n) is 12.7. The van der Waals surface area contributed by atoms with E-state index in [4.69, 9.17) is 4.74 Å². The van der Waals surface area contributed by atoms with Crippen molar-refractivity contribution < 1.29 is 9.84 Å². The van der Waals surface area contributed by atoms with Gasteiger partial charge in [0.2, 0.25) is 0 Å². The Morgan fingerprint density at radius 1 is 1.33 bits per heavy atom. The van der Waals surface area contributed by atoms with Gasteiger partial charge in [-0.05, 0) is 31.8 Å². The summed E-state index contributed by atoms with van der Waals surface area (Å²) in [6.07, 6.45) is 4.95. The maximum Gasteiger partial charge on any atom is 0.162 e. The van der Waals surface area contributed by atoms with Gasteiger partial charge in [-0.15, -0.1) is 0 Å². The normalized spacial score (nSPS) is 12.6. The Morgan fingerprint density at radius 2 is 2.05 bits per heavy atom. The van der Waals surface area contributed by atoms with E-state index < -0.39 is 6.10 Å². The number of aliphatic hydroxyl groups is 1. The number of hydrogen-bond donors (Lipinski definition) is 1. The van der Waals surface area contributed by atoms with E-state index in [0.29, 0.717) is 18.7 Å². The van der Waals surface area contributed by atoms with E-state index in [1.165, 1.54) is 0 Å². The molecule has 0 spiro atoms. The Morgan fingerprint density at radius 3 is 2.67 bits per heavy atom. The fourth-order valence-corrected chi connectivity index (χ4v) is 2.18. The minimum Gasteiger partial charge on any atom is -0.493 e. The molecule has 1 unspecified atom stereocenters. The van der Waals surface area contributed by atoms with E-state index in [0.717, 1.165) is 17.8 Å². The second kappa shape index (κ2) is 7.19. The molecule has 0 fully saturated rings. The summed E-state index contributed by atoms with van der Waals surface area (Å²) in [6, 6.07) is 3.80. The number of pyridine rings is 1. The zero-order chi connectivity index (χ0) is 15.2. The van der Waals surface area contributed by atoms with Crippen molar-refractivity contribution in [2.75, 3.05) is 27.7 Å². The predicted molar refractivity (Wildman–Crippen MR) is 80.2 cm³/mol. The van der Waals surface area contributed by atoms with Gasteiger partial charge in [0, 0.05) is 25.4 Å². The van der Waals surface area contributed by atoms with Gasteiger partial charge in [0.1, 0.15) is 11.8 Å². The molecule has 6 heteroatoms. The first-order valence-corrected chi connectivity index (χ1v) is 6.93. The predicted octanol–water partition coefficient (Wildman–Crippen LogP) is 1.12. The molecule has 0 amide bonds. The van der Waals surface area contributed by atoms with Crippen molar-refractivity contribution in [3.63, 3.8) is 0 Å². The largest absolute Gasteiger partial charge is 0.493 e. The van der Waals surface area contributed by atoms with Gasteiger partial charge in [0.15, 0.2) is 5.75 Å². The quantitative estimate of drug-likeness (QED) is 0.828. The Balaban J connectivity index is 2.17. The lowest BCUT2D eigenvalue weighted by atomic mass is 10.1. The highest BCUT2D eigenvalue weighted by molar-refractivity contribution is 5.29. The van der Waals surface area contributed by atoms with Crippen LogP contribution < -0.4 is 4.74 Å². The second-order valence-corrected chi connectivity index (χ2v) is 5.20. The van der Waals surface area contributed by atoms with Crippen LogP contribution in [0.15, 0.2) is 30.7 Å². The molecule has 0 aromatic carbocycles. The molecule has 0 aliphatic carbocycles. The van der Waals surface area contributed by atoms with Crippen molar-refractivity contribution in [2.24, 2.45) is 0 Å². The summed E-state index contributed by atoms with van der Waals surface area (Å²) < 4.78 is 7.13. The Kier molecular flexibility index (Phi) is 5.30. The number of likely N-dealkylation sites (N-methyl/N-ethyl adjacent to an activating group) is 1. The Bertz CT molecular complexity index is 554. The maximum atomic E-state index is 10.5. The van der Waals surface area contributed by atoms with Crippen LogP contribution in [0.5, 0.6) is 5.75 Å². The lowest BCUT2D eigenvalue weighted by molar-refractivity contribution is 0.161. The SMILES string of the molecule is COc1cnn(CCN(C)C)c1C(O)Cc1ccncc1. The van der Waals surface area contributed by atoms with E-state index >= 15 is 0 Å². The average molecular weight is 290 g/mol. The van der Waals surface area contributed by atoms with Crippen LogP contribution in [0.3, 0.4) is 0 Å². The lowest BCUT2D eigenvalue weighted by Crippen LogP contribution is -2.21. The van der Waals surface area contributed by atoms with Crippen LogP contribution in [-0.2, 0) is 13.0 Å². The van der Waals surface area contributed by atoms with E-state index in [1.807, 2.05) is 30.9 Å². The first-order chi connectivity index (χ1) is 10.1. The van der Waals surface area contributed by atoms with Gasteiger partial charge in [-0.2, -0.15) is 5.10 Å². The van der Waals surface area contributed by atoms with E-state index in [-0.39, 0.29) is 0 Å². The first-order valence-electron chi connectivity index (χ1n) is 6.93. The molecule has 0 bridgehead atoms. The summed E-state index contributed by atoms with van der Waals surface area (Å²) in [4.78, 5) is 6.06. The average Bonchev–Trinajstić information content (AvgIpc) is 2.89. The van der Waals surface area contributed by atoms with Crippen LogP contribution in [0.1, 0.15) is 17.4 Å². The van der Waals surface area contributed by atoms with E-state index in [9.17, 15) is 5.11 Å². The summed E-state index contributed by atoms with van der Waals surface area (Å²) in [5, 5.41) is 14.9. The van der Waals surface area contributed by atoms with Gasteiger partial charge in [-0.1, -0.05) is 0 Å². The molecule has 1 atom stereocenters. The summed E-state index contributed by atoms with van der Waals surface area (Å²) in [6.45, 7) is 1.55.